The summed E-state index contributed by atoms with van der Waals surface area (Å²) in [7, 11) is 1.65. The van der Waals surface area contributed by atoms with E-state index in [1.54, 1.807) is 13.3 Å². The van der Waals surface area contributed by atoms with Crippen LogP contribution in [-0.2, 0) is 9.47 Å². The summed E-state index contributed by atoms with van der Waals surface area (Å²) in [5.41, 5.74) is 0.869. The van der Waals surface area contributed by atoms with Crippen molar-refractivity contribution in [1.82, 2.24) is 4.98 Å². The van der Waals surface area contributed by atoms with Crippen molar-refractivity contribution in [3.05, 3.63) is 36.5 Å². The van der Waals surface area contributed by atoms with Crippen molar-refractivity contribution in [3.63, 3.8) is 0 Å². The van der Waals surface area contributed by atoms with Gasteiger partial charge in [0, 0.05) is 25.1 Å². The monoisotopic (exact) mass is 307 g/mol. The minimum atomic E-state index is -0.0965. The Balaban J connectivity index is 1.70. The summed E-state index contributed by atoms with van der Waals surface area (Å²) in [6, 6.07) is 9.86. The molecule has 1 aliphatic carbocycles. The zero-order valence-corrected chi connectivity index (χ0v) is 12.6. The molecule has 21 heavy (non-hydrogen) atoms. The lowest BCUT2D eigenvalue weighted by Crippen LogP contribution is -2.53. The van der Waals surface area contributed by atoms with Crippen LogP contribution in [0.1, 0.15) is 6.42 Å². The second-order valence-electron chi connectivity index (χ2n) is 5.07. The van der Waals surface area contributed by atoms with Crippen LogP contribution in [0.2, 0.25) is 0 Å². The van der Waals surface area contributed by atoms with Crippen LogP contribution in [-0.4, -0.2) is 42.9 Å². The first-order valence-electron chi connectivity index (χ1n) is 7.04. The number of pyridine rings is 1. The van der Waals surface area contributed by atoms with Gasteiger partial charge < -0.3 is 14.2 Å². The van der Waals surface area contributed by atoms with Gasteiger partial charge in [-0.25, -0.2) is 0 Å². The first kappa shape index (κ1) is 14.6. The third-order valence-electron chi connectivity index (χ3n) is 3.65. The fourth-order valence-corrected chi connectivity index (χ4v) is 2.87. The molecular formula is C16H18ClNO3. The Labute approximate surface area is 129 Å². The van der Waals surface area contributed by atoms with E-state index in [0.717, 1.165) is 23.1 Å². The van der Waals surface area contributed by atoms with Crippen LogP contribution in [0.4, 0.5) is 0 Å². The van der Waals surface area contributed by atoms with E-state index in [1.165, 1.54) is 0 Å². The summed E-state index contributed by atoms with van der Waals surface area (Å²) in [5, 5.41) is 1.06. The minimum Gasteiger partial charge on any atom is -0.485 e. The van der Waals surface area contributed by atoms with Gasteiger partial charge in [0.05, 0.1) is 18.6 Å². The Morgan fingerprint density at radius 2 is 2.10 bits per heavy atom. The Morgan fingerprint density at radius 1 is 1.24 bits per heavy atom. The second-order valence-corrected chi connectivity index (χ2v) is 5.63. The number of fused-ring (bicyclic) bond motifs is 1. The normalized spacial score (nSPS) is 24.8. The predicted octanol–water partition coefficient (Wildman–Crippen LogP) is 3.02. The first-order chi connectivity index (χ1) is 10.3. The van der Waals surface area contributed by atoms with Crippen LogP contribution < -0.4 is 4.74 Å². The highest BCUT2D eigenvalue weighted by Crippen LogP contribution is 2.34. The number of ether oxygens (including phenoxy) is 3. The third-order valence-corrected chi connectivity index (χ3v) is 4.08. The molecule has 0 spiro atoms. The fraction of sp³-hybridized carbons (Fsp3) is 0.438. The maximum Gasteiger partial charge on any atom is 0.146 e. The summed E-state index contributed by atoms with van der Waals surface area (Å²) in [4.78, 5) is 4.39. The van der Waals surface area contributed by atoms with Gasteiger partial charge in [-0.1, -0.05) is 18.2 Å². The van der Waals surface area contributed by atoms with Crippen LogP contribution in [0.15, 0.2) is 36.5 Å². The number of hydrogen-bond donors (Lipinski definition) is 0. The van der Waals surface area contributed by atoms with E-state index in [4.69, 9.17) is 25.8 Å². The number of para-hydroxylation sites is 1. The zero-order chi connectivity index (χ0) is 14.7. The lowest BCUT2D eigenvalue weighted by molar-refractivity contribution is -0.0894. The van der Waals surface area contributed by atoms with E-state index in [9.17, 15) is 0 Å². The lowest BCUT2D eigenvalue weighted by Gasteiger charge is -2.40. The zero-order valence-electron chi connectivity index (χ0n) is 11.9. The fourth-order valence-electron chi connectivity index (χ4n) is 2.46. The highest BCUT2D eigenvalue weighted by atomic mass is 35.5. The van der Waals surface area contributed by atoms with Crippen molar-refractivity contribution in [3.8, 4) is 5.75 Å². The van der Waals surface area contributed by atoms with Gasteiger partial charge in [-0.15, -0.1) is 11.6 Å². The number of halogens is 1. The number of aromatic nitrogens is 1. The molecule has 0 N–H and O–H groups in total. The smallest absolute Gasteiger partial charge is 0.146 e. The van der Waals surface area contributed by atoms with Crippen molar-refractivity contribution in [2.45, 2.75) is 24.0 Å². The highest BCUT2D eigenvalue weighted by Gasteiger charge is 2.43. The maximum atomic E-state index is 6.21. The molecule has 1 fully saturated rings. The minimum absolute atomic E-state index is 0.00482. The van der Waals surface area contributed by atoms with Crippen molar-refractivity contribution in [1.29, 1.82) is 0 Å². The Bertz CT molecular complexity index is 602. The van der Waals surface area contributed by atoms with E-state index in [2.05, 4.69) is 4.98 Å². The Hall–Kier alpha value is -1.36. The summed E-state index contributed by atoms with van der Waals surface area (Å²) in [6.07, 6.45) is 2.42. The van der Waals surface area contributed by atoms with Gasteiger partial charge >= 0.3 is 0 Å². The molecule has 3 unspecified atom stereocenters. The molecule has 0 amide bonds. The second kappa shape index (κ2) is 6.60. The van der Waals surface area contributed by atoms with E-state index in [-0.39, 0.29) is 17.6 Å². The van der Waals surface area contributed by atoms with Gasteiger partial charge in [0.15, 0.2) is 0 Å². The van der Waals surface area contributed by atoms with E-state index < -0.39 is 0 Å². The van der Waals surface area contributed by atoms with Crippen molar-refractivity contribution < 1.29 is 14.2 Å². The van der Waals surface area contributed by atoms with Crippen LogP contribution in [0.25, 0.3) is 10.9 Å². The van der Waals surface area contributed by atoms with Crippen LogP contribution >= 0.6 is 11.6 Å². The molecular weight excluding hydrogens is 290 g/mol. The Morgan fingerprint density at radius 3 is 2.90 bits per heavy atom. The quantitative estimate of drug-likeness (QED) is 0.607. The average Bonchev–Trinajstić information content (AvgIpc) is 2.51. The Kier molecular flexibility index (Phi) is 4.58. The topological polar surface area (TPSA) is 40.6 Å². The lowest BCUT2D eigenvalue weighted by atomic mass is 9.91. The number of methoxy groups -OCH3 is 1. The van der Waals surface area contributed by atoms with E-state index in [0.29, 0.717) is 13.2 Å². The van der Waals surface area contributed by atoms with Gasteiger partial charge in [0.25, 0.3) is 0 Å². The summed E-state index contributed by atoms with van der Waals surface area (Å²) in [5.74, 6) is 0.780. The number of nitrogens with zero attached hydrogens (tertiary/aromatic N) is 1. The van der Waals surface area contributed by atoms with Crippen molar-refractivity contribution in [2.24, 2.45) is 0 Å². The van der Waals surface area contributed by atoms with Crippen LogP contribution in [0.5, 0.6) is 5.75 Å². The number of hydrogen-bond acceptors (Lipinski definition) is 4. The molecule has 112 valence electrons. The summed E-state index contributed by atoms with van der Waals surface area (Å²) < 4.78 is 16.8. The molecule has 5 heteroatoms. The number of alkyl halides is 1. The summed E-state index contributed by atoms with van der Waals surface area (Å²) in [6.45, 7) is 1.08. The third kappa shape index (κ3) is 3.12. The average molecular weight is 308 g/mol. The molecule has 1 aliphatic rings. The molecule has 1 aromatic heterocycles. The van der Waals surface area contributed by atoms with Crippen LogP contribution in [0.3, 0.4) is 0 Å². The largest absolute Gasteiger partial charge is 0.485 e. The molecule has 0 saturated heterocycles. The van der Waals surface area contributed by atoms with Gasteiger partial charge in [-0.3, -0.25) is 4.98 Å². The van der Waals surface area contributed by atoms with Gasteiger partial charge in [0.1, 0.15) is 23.5 Å². The first-order valence-corrected chi connectivity index (χ1v) is 7.48. The highest BCUT2D eigenvalue weighted by molar-refractivity contribution is 6.21. The van der Waals surface area contributed by atoms with E-state index >= 15 is 0 Å². The molecule has 1 aromatic carbocycles. The maximum absolute atomic E-state index is 6.21. The standard InChI is InChI=1S/C16H18ClNO3/c1-19-8-9-20-16-12(17)10-14(16)21-13-6-2-4-11-5-3-7-18-15(11)13/h2-7,12,14,16H,8-10H2,1H3. The molecule has 4 nitrogen and oxygen atoms in total. The molecule has 1 saturated carbocycles. The number of benzene rings is 1. The van der Waals surface area contributed by atoms with Crippen molar-refractivity contribution >= 4 is 22.5 Å². The van der Waals surface area contributed by atoms with Gasteiger partial charge in [-0.05, 0) is 12.1 Å². The molecule has 2 aromatic rings. The SMILES string of the molecule is COCCOC1C(Cl)CC1Oc1cccc2cccnc12. The molecule has 0 aliphatic heterocycles. The van der Waals surface area contributed by atoms with Gasteiger partial charge in [0.2, 0.25) is 0 Å². The van der Waals surface area contributed by atoms with Crippen molar-refractivity contribution in [2.75, 3.05) is 20.3 Å². The predicted molar refractivity (Wildman–Crippen MR) is 82.0 cm³/mol. The molecule has 0 bridgehead atoms. The molecule has 0 radical (unpaired) electrons. The van der Waals surface area contributed by atoms with E-state index in [1.807, 2.05) is 30.3 Å². The number of rotatable bonds is 6. The van der Waals surface area contributed by atoms with Gasteiger partial charge in [-0.2, -0.15) is 0 Å². The molecule has 3 atom stereocenters. The molecule has 3 rings (SSSR count). The summed E-state index contributed by atoms with van der Waals surface area (Å²) >= 11 is 6.21. The molecule has 1 heterocycles. The van der Waals surface area contributed by atoms with Crippen LogP contribution in [0, 0.1) is 0 Å².